The lowest BCUT2D eigenvalue weighted by atomic mass is 9.57. The SMILES string of the molecule is CN1C[C@H](c2ccccc2Br)[C@@]23CN(C/C(=C\c4ccccc4Br)C2=O)[C@@]2(O)c4cccc5cccc(c45)[C@@]132. The monoisotopic (exact) mass is 640 g/mol. The lowest BCUT2D eigenvalue weighted by Gasteiger charge is -2.47. The summed E-state index contributed by atoms with van der Waals surface area (Å²) in [6.45, 7) is 1.55. The Labute approximate surface area is 244 Å². The number of likely N-dealkylation sites (N-methyl/N-ethyl adjacent to an activating group) is 1. The van der Waals surface area contributed by atoms with E-state index in [1.165, 1.54) is 0 Å². The predicted molar refractivity (Wildman–Crippen MR) is 160 cm³/mol. The van der Waals surface area contributed by atoms with E-state index < -0.39 is 16.7 Å². The minimum absolute atomic E-state index is 0.116. The third-order valence-electron chi connectivity index (χ3n) is 9.92. The van der Waals surface area contributed by atoms with Gasteiger partial charge in [0.05, 0.1) is 5.41 Å². The van der Waals surface area contributed by atoms with Gasteiger partial charge in [-0.3, -0.25) is 14.6 Å². The van der Waals surface area contributed by atoms with Crippen molar-refractivity contribution in [1.29, 1.82) is 0 Å². The second-order valence-corrected chi connectivity index (χ2v) is 13.1. The highest BCUT2D eigenvalue weighted by atomic mass is 79.9. The summed E-state index contributed by atoms with van der Waals surface area (Å²) < 4.78 is 1.95. The van der Waals surface area contributed by atoms with Crippen LogP contribution in [0, 0.1) is 5.41 Å². The van der Waals surface area contributed by atoms with E-state index in [2.05, 4.69) is 97.2 Å². The molecular weight excluding hydrogens is 616 g/mol. The number of aliphatic hydroxyl groups is 1. The van der Waals surface area contributed by atoms with E-state index in [1.807, 2.05) is 42.5 Å². The van der Waals surface area contributed by atoms with Crippen LogP contribution in [-0.2, 0) is 16.1 Å². The van der Waals surface area contributed by atoms with Gasteiger partial charge in [0.15, 0.2) is 11.5 Å². The van der Waals surface area contributed by atoms with Crippen LogP contribution in [0.15, 0.2) is 99.4 Å². The van der Waals surface area contributed by atoms with Gasteiger partial charge in [-0.2, -0.15) is 0 Å². The maximum absolute atomic E-state index is 15.2. The number of likely N-dealkylation sites (tertiary alicyclic amines) is 1. The van der Waals surface area contributed by atoms with Crippen LogP contribution in [0.3, 0.4) is 0 Å². The molecule has 2 bridgehead atoms. The van der Waals surface area contributed by atoms with Crippen molar-refractivity contribution in [3.63, 3.8) is 0 Å². The Balaban J connectivity index is 1.48. The lowest BCUT2D eigenvalue weighted by molar-refractivity contribution is -0.168. The molecule has 3 saturated heterocycles. The summed E-state index contributed by atoms with van der Waals surface area (Å²) in [7, 11) is 2.10. The van der Waals surface area contributed by atoms with E-state index in [0.29, 0.717) is 19.6 Å². The number of carbonyl (C=O) groups excluding carboxylic acids is 1. The van der Waals surface area contributed by atoms with Crippen LogP contribution in [0.25, 0.3) is 16.8 Å². The zero-order chi connectivity index (χ0) is 26.7. The van der Waals surface area contributed by atoms with Gasteiger partial charge in [-0.1, -0.05) is 105 Å². The number of Topliss-reactive ketones (excluding diaryl/α,β-unsaturated/α-hetero) is 1. The maximum Gasteiger partial charge on any atom is 0.170 e. The fourth-order valence-electron chi connectivity index (χ4n) is 8.68. The van der Waals surface area contributed by atoms with Gasteiger partial charge < -0.3 is 5.11 Å². The van der Waals surface area contributed by atoms with Gasteiger partial charge in [0.2, 0.25) is 0 Å². The summed E-state index contributed by atoms with van der Waals surface area (Å²) in [5.74, 6) is 0.0231. The van der Waals surface area contributed by atoms with Crippen LogP contribution < -0.4 is 0 Å². The van der Waals surface area contributed by atoms with Crippen molar-refractivity contribution < 1.29 is 9.90 Å². The molecule has 4 aromatic carbocycles. The number of rotatable bonds is 2. The molecule has 3 aliphatic heterocycles. The van der Waals surface area contributed by atoms with Crippen LogP contribution in [0.4, 0.5) is 0 Å². The number of hydrogen-bond donors (Lipinski definition) is 1. The minimum atomic E-state index is -1.35. The second-order valence-electron chi connectivity index (χ2n) is 11.4. The zero-order valence-electron chi connectivity index (χ0n) is 21.4. The normalized spacial score (nSPS) is 33.6. The molecule has 0 aromatic heterocycles. The fourth-order valence-corrected chi connectivity index (χ4v) is 9.64. The number of hydrogen-bond acceptors (Lipinski definition) is 4. The number of nitrogens with zero attached hydrogens (tertiary/aromatic N) is 2. The molecule has 4 aliphatic rings. The van der Waals surface area contributed by atoms with Crippen molar-refractivity contribution in [3.8, 4) is 0 Å². The van der Waals surface area contributed by atoms with Crippen molar-refractivity contribution in [2.75, 3.05) is 26.7 Å². The smallest absolute Gasteiger partial charge is 0.170 e. The number of fused-ring (bicyclic) bond motifs is 3. The number of benzene rings is 4. The quantitative estimate of drug-likeness (QED) is 0.257. The zero-order valence-corrected chi connectivity index (χ0v) is 24.5. The molecule has 0 saturated carbocycles. The molecule has 8 rings (SSSR count). The van der Waals surface area contributed by atoms with E-state index in [4.69, 9.17) is 0 Å². The first-order valence-corrected chi connectivity index (χ1v) is 14.9. The summed E-state index contributed by atoms with van der Waals surface area (Å²) in [6, 6.07) is 28.8. The van der Waals surface area contributed by atoms with Crippen LogP contribution >= 0.6 is 31.9 Å². The Morgan fingerprint density at radius 2 is 1.59 bits per heavy atom. The third kappa shape index (κ3) is 2.63. The lowest BCUT2D eigenvalue weighted by Crippen LogP contribution is -2.60. The van der Waals surface area contributed by atoms with Gasteiger partial charge in [-0.05, 0) is 52.7 Å². The molecule has 1 N–H and O–H groups in total. The van der Waals surface area contributed by atoms with Crippen molar-refractivity contribution in [1.82, 2.24) is 9.80 Å². The first-order chi connectivity index (χ1) is 18.9. The molecule has 6 heteroatoms. The minimum Gasteiger partial charge on any atom is -0.369 e. The average molecular weight is 642 g/mol. The predicted octanol–water partition coefficient (Wildman–Crippen LogP) is 6.42. The van der Waals surface area contributed by atoms with Gasteiger partial charge in [-0.15, -0.1) is 0 Å². The van der Waals surface area contributed by atoms with Crippen molar-refractivity contribution in [3.05, 3.63) is 122 Å². The van der Waals surface area contributed by atoms with Gasteiger partial charge in [-0.25, -0.2) is 0 Å². The first-order valence-electron chi connectivity index (χ1n) is 13.3. The number of ketones is 1. The summed E-state index contributed by atoms with van der Waals surface area (Å²) in [6.07, 6.45) is 2.03. The van der Waals surface area contributed by atoms with Gasteiger partial charge in [0.1, 0.15) is 5.54 Å². The second kappa shape index (κ2) is 7.99. The summed E-state index contributed by atoms with van der Waals surface area (Å²) in [4.78, 5) is 19.7. The number of carbonyl (C=O) groups is 1. The van der Waals surface area contributed by atoms with Gasteiger partial charge in [0.25, 0.3) is 0 Å². The highest BCUT2D eigenvalue weighted by Crippen LogP contribution is 2.76. The van der Waals surface area contributed by atoms with E-state index in [-0.39, 0.29) is 11.7 Å². The van der Waals surface area contributed by atoms with E-state index in [0.717, 1.165) is 47.5 Å². The highest BCUT2D eigenvalue weighted by molar-refractivity contribution is 9.10. The summed E-state index contributed by atoms with van der Waals surface area (Å²) in [5, 5.41) is 15.4. The molecule has 0 radical (unpaired) electrons. The maximum atomic E-state index is 15.2. The van der Waals surface area contributed by atoms with Crippen LogP contribution in [0.5, 0.6) is 0 Å². The Bertz CT molecular complexity index is 1760. The fraction of sp³-hybridized carbons (Fsp3) is 0.242. The third-order valence-corrected chi connectivity index (χ3v) is 11.4. The van der Waals surface area contributed by atoms with Crippen LogP contribution in [0.2, 0.25) is 0 Å². The highest BCUT2D eigenvalue weighted by Gasteiger charge is 2.85. The summed E-state index contributed by atoms with van der Waals surface area (Å²) in [5.41, 5.74) is 1.64. The van der Waals surface area contributed by atoms with E-state index in [9.17, 15) is 5.11 Å². The Hall–Kier alpha value is -2.61. The molecule has 1 unspecified atom stereocenters. The number of piperidine rings is 1. The molecule has 3 fully saturated rings. The number of halogens is 2. The molecule has 4 aromatic rings. The molecule has 194 valence electrons. The van der Waals surface area contributed by atoms with Gasteiger partial charge >= 0.3 is 0 Å². The molecule has 39 heavy (non-hydrogen) atoms. The Morgan fingerprint density at radius 1 is 0.897 bits per heavy atom. The van der Waals surface area contributed by atoms with E-state index >= 15 is 4.79 Å². The molecule has 5 atom stereocenters. The van der Waals surface area contributed by atoms with Crippen molar-refractivity contribution >= 4 is 54.5 Å². The van der Waals surface area contributed by atoms with Crippen molar-refractivity contribution in [2.45, 2.75) is 17.2 Å². The summed E-state index contributed by atoms with van der Waals surface area (Å²) >= 11 is 7.50. The average Bonchev–Trinajstić information content (AvgIpc) is 3.42. The molecule has 3 heterocycles. The Kier molecular flexibility index (Phi) is 4.96. The van der Waals surface area contributed by atoms with Crippen LogP contribution in [-0.4, -0.2) is 47.4 Å². The standard InChI is InChI=1S/C33H26Br2N2O2/c1-36-18-26(23-11-3-5-15-28(23)35)31-19-37(17-22(30(31)38)16-21-8-2-4-14-27(21)34)33(39)25-13-7-10-20-9-6-12-24(29(20)25)32(31,33)36/h2-16,26,39H,17-19H2,1H3/b22-16+/t26-,31+,32-,33-/m1/s1. The van der Waals surface area contributed by atoms with Gasteiger partial charge in [0, 0.05) is 45.6 Å². The molecule has 4 nitrogen and oxygen atoms in total. The first kappa shape index (κ1) is 24.2. The topological polar surface area (TPSA) is 43.8 Å². The molecule has 2 spiro atoms. The van der Waals surface area contributed by atoms with Crippen LogP contribution in [0.1, 0.15) is 28.2 Å². The van der Waals surface area contributed by atoms with Crippen molar-refractivity contribution in [2.24, 2.45) is 5.41 Å². The van der Waals surface area contributed by atoms with E-state index in [1.54, 1.807) is 0 Å². The molecule has 0 amide bonds. The Morgan fingerprint density at radius 3 is 2.33 bits per heavy atom. The largest absolute Gasteiger partial charge is 0.369 e. The molecule has 1 aliphatic carbocycles. The molecular formula is C33H26Br2N2O2.